The van der Waals surface area contributed by atoms with E-state index in [9.17, 15) is 0 Å². The molecule has 0 aliphatic carbocycles. The smallest absolute Gasteiger partial charge is 0.145 e. The van der Waals surface area contributed by atoms with Gasteiger partial charge in [-0.1, -0.05) is 97.1 Å². The molecule has 4 nitrogen and oxygen atoms in total. The molecule has 0 aliphatic rings. The average Bonchev–Trinajstić information content (AvgIpc) is 3.78. The lowest BCUT2D eigenvalue weighted by Crippen LogP contribution is -2.00. The standard InChI is InChI=1S/C39H24N4/c1-3-13-25(14-4-1)42-31-21-11-9-19-29(31)33-34-30-20-10-12-22-32(30)43(26-15-5-2-6-16-26)38(34)37-35(36(33)42)27-17-7-8-18-28(27)39-40-23-24-41(37)39/h1-24H. The Morgan fingerprint density at radius 1 is 0.395 bits per heavy atom. The second-order valence-corrected chi connectivity index (χ2v) is 11.2. The number of aromatic nitrogens is 4. The Labute approximate surface area is 246 Å². The molecule has 4 heterocycles. The van der Waals surface area contributed by atoms with Crippen LogP contribution in [0.4, 0.5) is 0 Å². The van der Waals surface area contributed by atoms with Crippen LogP contribution in [0.1, 0.15) is 0 Å². The highest BCUT2D eigenvalue weighted by molar-refractivity contribution is 6.40. The molecular formula is C39H24N4. The van der Waals surface area contributed by atoms with Gasteiger partial charge in [0.25, 0.3) is 0 Å². The zero-order valence-electron chi connectivity index (χ0n) is 23.1. The van der Waals surface area contributed by atoms with Crippen molar-refractivity contribution in [2.24, 2.45) is 0 Å². The van der Waals surface area contributed by atoms with E-state index in [0.29, 0.717) is 0 Å². The molecule has 200 valence electrons. The van der Waals surface area contributed by atoms with Crippen molar-refractivity contribution in [2.45, 2.75) is 0 Å². The second kappa shape index (κ2) is 8.34. The molecule has 0 aliphatic heterocycles. The number of imidazole rings is 1. The lowest BCUT2D eigenvalue weighted by molar-refractivity contribution is 1.17. The highest BCUT2D eigenvalue weighted by atomic mass is 15.1. The summed E-state index contributed by atoms with van der Waals surface area (Å²) in [5, 5.41) is 8.60. The minimum atomic E-state index is 0.969. The fourth-order valence-electron chi connectivity index (χ4n) is 7.44. The van der Waals surface area contributed by atoms with Crippen LogP contribution in [0.5, 0.6) is 0 Å². The molecule has 0 spiro atoms. The summed E-state index contributed by atoms with van der Waals surface area (Å²) in [6.45, 7) is 0. The third-order valence-electron chi connectivity index (χ3n) is 9.05. The number of para-hydroxylation sites is 4. The maximum atomic E-state index is 4.91. The molecule has 4 heteroatoms. The number of fused-ring (bicyclic) bond motifs is 15. The summed E-state index contributed by atoms with van der Waals surface area (Å²) in [4.78, 5) is 4.91. The molecule has 0 fully saturated rings. The van der Waals surface area contributed by atoms with Gasteiger partial charge in [-0.05, 0) is 41.8 Å². The monoisotopic (exact) mass is 548 g/mol. The van der Waals surface area contributed by atoms with Gasteiger partial charge in [0, 0.05) is 56.1 Å². The third kappa shape index (κ3) is 2.87. The number of hydrogen-bond acceptors (Lipinski definition) is 1. The molecule has 10 aromatic rings. The van der Waals surface area contributed by atoms with Gasteiger partial charge in [0.15, 0.2) is 0 Å². The summed E-state index contributed by atoms with van der Waals surface area (Å²) in [7, 11) is 0. The normalized spacial score (nSPS) is 12.2. The van der Waals surface area contributed by atoms with Crippen LogP contribution in [0, 0.1) is 0 Å². The maximum Gasteiger partial charge on any atom is 0.145 e. The van der Waals surface area contributed by atoms with Crippen LogP contribution in [0.25, 0.3) is 82.3 Å². The van der Waals surface area contributed by atoms with E-state index in [-0.39, 0.29) is 0 Å². The van der Waals surface area contributed by atoms with Crippen molar-refractivity contribution in [3.05, 3.63) is 146 Å². The topological polar surface area (TPSA) is 27.2 Å². The Hall–Kier alpha value is -5.87. The minimum Gasteiger partial charge on any atom is -0.309 e. The molecular weight excluding hydrogens is 524 g/mol. The van der Waals surface area contributed by atoms with E-state index in [2.05, 4.69) is 153 Å². The highest BCUT2D eigenvalue weighted by Gasteiger charge is 2.27. The number of benzene rings is 6. The predicted octanol–water partition coefficient (Wildman–Crippen LogP) is 9.83. The highest BCUT2D eigenvalue weighted by Crippen LogP contribution is 2.48. The van der Waals surface area contributed by atoms with Gasteiger partial charge in [-0.3, -0.25) is 4.40 Å². The molecule has 6 aromatic carbocycles. The van der Waals surface area contributed by atoms with E-state index in [1.54, 1.807) is 0 Å². The van der Waals surface area contributed by atoms with Crippen molar-refractivity contribution in [3.63, 3.8) is 0 Å². The van der Waals surface area contributed by atoms with Crippen LogP contribution in [0.15, 0.2) is 146 Å². The average molecular weight is 549 g/mol. The van der Waals surface area contributed by atoms with Crippen molar-refractivity contribution in [1.82, 2.24) is 18.5 Å². The van der Waals surface area contributed by atoms with Crippen molar-refractivity contribution in [1.29, 1.82) is 0 Å². The number of pyridine rings is 1. The first-order valence-corrected chi connectivity index (χ1v) is 14.7. The molecule has 43 heavy (non-hydrogen) atoms. The van der Waals surface area contributed by atoms with E-state index in [4.69, 9.17) is 4.98 Å². The van der Waals surface area contributed by atoms with Crippen molar-refractivity contribution in [2.75, 3.05) is 0 Å². The van der Waals surface area contributed by atoms with E-state index < -0.39 is 0 Å². The third-order valence-corrected chi connectivity index (χ3v) is 9.05. The maximum absolute atomic E-state index is 4.91. The zero-order chi connectivity index (χ0) is 28.1. The van der Waals surface area contributed by atoms with Gasteiger partial charge < -0.3 is 9.13 Å². The lowest BCUT2D eigenvalue weighted by atomic mass is 9.98. The SMILES string of the molecule is c1ccc(-n2c3ccccc3c3c4c5ccccc5n(-c5ccccc5)c4c4c(c5ccccc5c5nccn54)c32)cc1. The first kappa shape index (κ1) is 22.8. The second-order valence-electron chi connectivity index (χ2n) is 11.2. The molecule has 0 radical (unpaired) electrons. The number of rotatable bonds is 2. The van der Waals surface area contributed by atoms with Crippen molar-refractivity contribution in [3.8, 4) is 11.4 Å². The zero-order valence-corrected chi connectivity index (χ0v) is 23.1. The lowest BCUT2D eigenvalue weighted by Gasteiger charge is -2.16. The quantitative estimate of drug-likeness (QED) is 0.198. The van der Waals surface area contributed by atoms with Gasteiger partial charge in [-0.25, -0.2) is 4.98 Å². The van der Waals surface area contributed by atoms with Crippen LogP contribution < -0.4 is 0 Å². The minimum absolute atomic E-state index is 0.969. The summed E-state index contributed by atoms with van der Waals surface area (Å²) >= 11 is 0. The summed E-state index contributed by atoms with van der Waals surface area (Å²) < 4.78 is 7.23. The van der Waals surface area contributed by atoms with Crippen molar-refractivity contribution < 1.29 is 0 Å². The molecule has 0 bridgehead atoms. The van der Waals surface area contributed by atoms with Crippen molar-refractivity contribution >= 4 is 70.9 Å². The Morgan fingerprint density at radius 3 is 1.51 bits per heavy atom. The molecule has 0 atom stereocenters. The van der Waals surface area contributed by atoms with E-state index in [0.717, 1.165) is 27.9 Å². The van der Waals surface area contributed by atoms with Crippen LogP contribution in [0.3, 0.4) is 0 Å². The van der Waals surface area contributed by atoms with Crippen LogP contribution in [-0.4, -0.2) is 18.5 Å². The number of nitrogens with zero attached hydrogens (tertiary/aromatic N) is 4. The van der Waals surface area contributed by atoms with Gasteiger partial charge in [-0.15, -0.1) is 0 Å². The Morgan fingerprint density at radius 2 is 0.884 bits per heavy atom. The van der Waals surface area contributed by atoms with E-state index in [1.807, 2.05) is 6.20 Å². The van der Waals surface area contributed by atoms with Gasteiger partial charge in [0.1, 0.15) is 5.65 Å². The first-order valence-electron chi connectivity index (χ1n) is 14.7. The summed E-state index contributed by atoms with van der Waals surface area (Å²) in [6, 6.07) is 48.0. The van der Waals surface area contributed by atoms with Gasteiger partial charge in [0.2, 0.25) is 0 Å². The molecule has 0 saturated heterocycles. The molecule has 10 rings (SSSR count). The largest absolute Gasteiger partial charge is 0.309 e. The molecule has 0 N–H and O–H groups in total. The predicted molar refractivity (Wildman–Crippen MR) is 179 cm³/mol. The molecule has 0 amide bonds. The van der Waals surface area contributed by atoms with Crippen LogP contribution >= 0.6 is 0 Å². The fraction of sp³-hybridized carbons (Fsp3) is 0. The van der Waals surface area contributed by atoms with Crippen LogP contribution in [0.2, 0.25) is 0 Å². The first-order chi connectivity index (χ1) is 21.4. The Kier molecular flexibility index (Phi) is 4.42. The van der Waals surface area contributed by atoms with Gasteiger partial charge in [0.05, 0.1) is 27.6 Å². The van der Waals surface area contributed by atoms with Crippen LogP contribution in [-0.2, 0) is 0 Å². The Bertz CT molecular complexity index is 2710. The summed E-state index contributed by atoms with van der Waals surface area (Å²) in [5.41, 5.74) is 9.22. The molecule has 4 aromatic heterocycles. The summed E-state index contributed by atoms with van der Waals surface area (Å²) in [6.07, 6.45) is 4.05. The summed E-state index contributed by atoms with van der Waals surface area (Å²) in [5.74, 6) is 0. The fourth-order valence-corrected chi connectivity index (χ4v) is 7.44. The molecule has 0 saturated carbocycles. The van der Waals surface area contributed by atoms with E-state index in [1.165, 1.54) is 54.4 Å². The molecule has 0 unspecified atom stereocenters. The Balaban J connectivity index is 1.66. The van der Waals surface area contributed by atoms with Gasteiger partial charge >= 0.3 is 0 Å². The van der Waals surface area contributed by atoms with E-state index >= 15 is 0 Å². The van der Waals surface area contributed by atoms with Gasteiger partial charge in [-0.2, -0.15) is 0 Å². The number of hydrogen-bond donors (Lipinski definition) is 0.